The summed E-state index contributed by atoms with van der Waals surface area (Å²) in [6.45, 7) is 1.02. The molecule has 0 spiro atoms. The van der Waals surface area contributed by atoms with Crippen LogP contribution in [0.15, 0.2) is 54.6 Å². The average molecular weight is 456 g/mol. The Balaban J connectivity index is 1.79. The summed E-state index contributed by atoms with van der Waals surface area (Å²) in [5, 5.41) is 25.9. The van der Waals surface area contributed by atoms with E-state index in [1.54, 1.807) is 12.1 Å². The molecule has 3 amide bonds. The summed E-state index contributed by atoms with van der Waals surface area (Å²) in [4.78, 5) is 48.1. The number of benzene rings is 2. The predicted octanol–water partition coefficient (Wildman–Crippen LogP) is -0.305. The molecule has 0 aliphatic heterocycles. The van der Waals surface area contributed by atoms with E-state index in [0.717, 1.165) is 5.56 Å². The quantitative estimate of drug-likeness (QED) is 0.269. The van der Waals surface area contributed by atoms with Crippen molar-refractivity contribution >= 4 is 23.7 Å². The molecule has 10 nitrogen and oxygen atoms in total. The third kappa shape index (κ3) is 8.62. The molecule has 0 saturated heterocycles. The monoisotopic (exact) mass is 456 g/mol. The second-order valence-electron chi connectivity index (χ2n) is 7.57. The second-order valence-corrected chi connectivity index (χ2v) is 7.57. The number of phenolic OH excluding ortho intramolecular Hbond substituents is 1. The fourth-order valence-corrected chi connectivity index (χ4v) is 2.98. The Hall–Kier alpha value is -3.92. The van der Waals surface area contributed by atoms with Gasteiger partial charge in [0.2, 0.25) is 17.7 Å². The van der Waals surface area contributed by atoms with Gasteiger partial charge in [0, 0.05) is 6.42 Å². The lowest BCUT2D eigenvalue weighted by molar-refractivity contribution is -0.142. The average Bonchev–Trinajstić information content (AvgIpc) is 2.78. The van der Waals surface area contributed by atoms with Crippen LogP contribution in [0.5, 0.6) is 5.75 Å². The number of aliphatic carboxylic acids is 1. The summed E-state index contributed by atoms with van der Waals surface area (Å²) >= 11 is 0. The minimum absolute atomic E-state index is 0.00260. The van der Waals surface area contributed by atoms with Crippen molar-refractivity contribution in [2.45, 2.75) is 37.9 Å². The Morgan fingerprint density at radius 1 is 0.879 bits per heavy atom. The molecule has 0 heterocycles. The van der Waals surface area contributed by atoms with Crippen LogP contribution in [0.4, 0.5) is 0 Å². The van der Waals surface area contributed by atoms with E-state index in [-0.39, 0.29) is 18.7 Å². The molecule has 0 bridgehead atoms. The van der Waals surface area contributed by atoms with Crippen molar-refractivity contribution in [2.24, 2.45) is 5.73 Å². The molecule has 3 atom stereocenters. The third-order valence-corrected chi connectivity index (χ3v) is 4.82. The van der Waals surface area contributed by atoms with Gasteiger partial charge >= 0.3 is 5.97 Å². The summed E-state index contributed by atoms with van der Waals surface area (Å²) < 4.78 is 0. The van der Waals surface area contributed by atoms with Crippen LogP contribution in [0.1, 0.15) is 18.1 Å². The predicted molar refractivity (Wildman–Crippen MR) is 120 cm³/mol. The van der Waals surface area contributed by atoms with Gasteiger partial charge in [-0.1, -0.05) is 42.5 Å². The zero-order valence-electron chi connectivity index (χ0n) is 18.2. The van der Waals surface area contributed by atoms with E-state index in [0.29, 0.717) is 12.0 Å². The van der Waals surface area contributed by atoms with Crippen LogP contribution in [-0.4, -0.2) is 58.6 Å². The van der Waals surface area contributed by atoms with Crippen molar-refractivity contribution in [3.63, 3.8) is 0 Å². The molecule has 2 aromatic carbocycles. The number of carboxylic acid groups (broad SMARTS) is 1. The van der Waals surface area contributed by atoms with Crippen molar-refractivity contribution in [2.75, 3.05) is 6.54 Å². The first-order chi connectivity index (χ1) is 15.7. The van der Waals surface area contributed by atoms with Gasteiger partial charge in [0.15, 0.2) is 0 Å². The highest BCUT2D eigenvalue weighted by Crippen LogP contribution is 2.11. The highest BCUT2D eigenvalue weighted by atomic mass is 16.4. The number of phenols is 1. The smallest absolute Gasteiger partial charge is 0.326 e. The van der Waals surface area contributed by atoms with Gasteiger partial charge in [0.25, 0.3) is 0 Å². The molecule has 0 fully saturated rings. The van der Waals surface area contributed by atoms with Crippen molar-refractivity contribution in [1.82, 2.24) is 16.0 Å². The lowest BCUT2D eigenvalue weighted by Gasteiger charge is -2.19. The Morgan fingerprint density at radius 3 is 2.09 bits per heavy atom. The number of carbonyl (C=O) groups is 4. The first kappa shape index (κ1) is 25.3. The fraction of sp³-hybridized carbons (Fsp3) is 0.304. The number of nitrogens with two attached hydrogens (primary N) is 1. The van der Waals surface area contributed by atoms with Gasteiger partial charge in [-0.15, -0.1) is 0 Å². The zero-order valence-corrected chi connectivity index (χ0v) is 18.2. The van der Waals surface area contributed by atoms with Gasteiger partial charge in [-0.05, 0) is 36.6 Å². The normalized spacial score (nSPS) is 13.3. The van der Waals surface area contributed by atoms with Crippen molar-refractivity contribution < 1.29 is 29.4 Å². The van der Waals surface area contributed by atoms with Gasteiger partial charge < -0.3 is 31.9 Å². The summed E-state index contributed by atoms with van der Waals surface area (Å²) in [5.74, 6) is -3.02. The topological polar surface area (TPSA) is 171 Å². The number of aromatic hydroxyl groups is 1. The maximum Gasteiger partial charge on any atom is 0.326 e. The first-order valence-electron chi connectivity index (χ1n) is 10.3. The van der Waals surface area contributed by atoms with E-state index in [1.807, 2.05) is 30.3 Å². The van der Waals surface area contributed by atoms with E-state index in [4.69, 9.17) is 5.73 Å². The van der Waals surface area contributed by atoms with E-state index < -0.39 is 41.8 Å². The highest BCUT2D eigenvalue weighted by Gasteiger charge is 2.24. The van der Waals surface area contributed by atoms with Crippen LogP contribution in [0.3, 0.4) is 0 Å². The van der Waals surface area contributed by atoms with E-state index in [1.165, 1.54) is 19.1 Å². The maximum absolute atomic E-state index is 12.4. The largest absolute Gasteiger partial charge is 0.508 e. The second kappa shape index (κ2) is 12.2. The SMILES string of the molecule is CC(NC(=O)CNC(=O)C(N)Cc1ccccc1)C(=O)NC(Cc1ccc(O)cc1)C(=O)O. The fourth-order valence-electron chi connectivity index (χ4n) is 2.98. The van der Waals surface area contributed by atoms with Gasteiger partial charge in [0.1, 0.15) is 17.8 Å². The van der Waals surface area contributed by atoms with Gasteiger partial charge in [-0.3, -0.25) is 14.4 Å². The van der Waals surface area contributed by atoms with Crippen LogP contribution in [-0.2, 0) is 32.0 Å². The molecule has 33 heavy (non-hydrogen) atoms. The van der Waals surface area contributed by atoms with Crippen molar-refractivity contribution in [3.8, 4) is 5.75 Å². The maximum atomic E-state index is 12.4. The van der Waals surface area contributed by atoms with Gasteiger partial charge in [0.05, 0.1) is 12.6 Å². The molecule has 10 heteroatoms. The van der Waals surface area contributed by atoms with Crippen molar-refractivity contribution in [1.29, 1.82) is 0 Å². The van der Waals surface area contributed by atoms with Crippen LogP contribution < -0.4 is 21.7 Å². The molecule has 0 aliphatic carbocycles. The van der Waals surface area contributed by atoms with Crippen LogP contribution in [0.2, 0.25) is 0 Å². The summed E-state index contributed by atoms with van der Waals surface area (Å²) in [6.07, 6.45) is 0.308. The molecule has 0 aliphatic rings. The lowest BCUT2D eigenvalue weighted by atomic mass is 10.1. The number of hydrogen-bond acceptors (Lipinski definition) is 6. The zero-order chi connectivity index (χ0) is 24.4. The number of amides is 3. The number of carbonyl (C=O) groups excluding carboxylic acids is 3. The number of rotatable bonds is 11. The molecule has 0 aromatic heterocycles. The minimum atomic E-state index is -1.24. The van der Waals surface area contributed by atoms with Gasteiger partial charge in [-0.25, -0.2) is 4.79 Å². The molecule has 0 radical (unpaired) electrons. The number of nitrogens with one attached hydrogen (secondary N) is 3. The molecular formula is C23H28N4O6. The van der Waals surface area contributed by atoms with Crippen LogP contribution in [0.25, 0.3) is 0 Å². The van der Waals surface area contributed by atoms with E-state index in [2.05, 4.69) is 16.0 Å². The molecule has 176 valence electrons. The Morgan fingerprint density at radius 2 is 1.48 bits per heavy atom. The Bertz CT molecular complexity index is 965. The molecule has 3 unspecified atom stereocenters. The van der Waals surface area contributed by atoms with E-state index >= 15 is 0 Å². The summed E-state index contributed by atoms with van der Waals surface area (Å²) in [6, 6.07) is 12.0. The van der Waals surface area contributed by atoms with Gasteiger partial charge in [-0.2, -0.15) is 0 Å². The number of carboxylic acids is 1. The van der Waals surface area contributed by atoms with Crippen LogP contribution in [0, 0.1) is 0 Å². The molecule has 2 rings (SSSR count). The summed E-state index contributed by atoms with van der Waals surface area (Å²) in [5.41, 5.74) is 7.35. The first-order valence-corrected chi connectivity index (χ1v) is 10.3. The Kier molecular flexibility index (Phi) is 9.37. The molecular weight excluding hydrogens is 428 g/mol. The molecule has 0 saturated carbocycles. The number of hydrogen-bond donors (Lipinski definition) is 6. The summed E-state index contributed by atoms with van der Waals surface area (Å²) in [7, 11) is 0. The highest BCUT2D eigenvalue weighted by molar-refractivity contribution is 5.92. The molecule has 7 N–H and O–H groups in total. The minimum Gasteiger partial charge on any atom is -0.508 e. The van der Waals surface area contributed by atoms with Crippen LogP contribution >= 0.6 is 0 Å². The standard InChI is InChI=1S/C23H28N4O6/c1-14(21(30)27-19(23(32)33)12-16-7-9-17(28)10-8-16)26-20(29)13-25-22(31)18(24)11-15-5-3-2-4-6-15/h2-10,14,18-19,28H,11-13,24H2,1H3,(H,25,31)(H,26,29)(H,27,30)(H,32,33). The van der Waals surface area contributed by atoms with Crippen molar-refractivity contribution in [3.05, 3.63) is 65.7 Å². The lowest BCUT2D eigenvalue weighted by Crippen LogP contribution is -2.53. The molecule has 2 aromatic rings. The van der Waals surface area contributed by atoms with E-state index in [9.17, 15) is 29.4 Å². The Labute approximate surface area is 191 Å². The third-order valence-electron chi connectivity index (χ3n) is 4.82.